The topological polar surface area (TPSA) is 96.3 Å². The summed E-state index contributed by atoms with van der Waals surface area (Å²) in [5, 5.41) is 0. The van der Waals surface area contributed by atoms with Gasteiger partial charge in [0.25, 0.3) is 0 Å². The second-order valence-electron chi connectivity index (χ2n) is 6.06. The van der Waals surface area contributed by atoms with Crippen molar-refractivity contribution in [1.82, 2.24) is 9.97 Å². The van der Waals surface area contributed by atoms with Crippen molar-refractivity contribution in [2.45, 2.75) is 0 Å². The number of aromatic nitrogens is 2. The number of nitrogens with zero attached hydrogens (tertiary/aromatic N) is 2. The van der Waals surface area contributed by atoms with Crippen LogP contribution < -0.4 is 20.9 Å². The van der Waals surface area contributed by atoms with E-state index in [0.29, 0.717) is 28.6 Å². The quantitative estimate of drug-likeness (QED) is 0.485. The molecule has 1 aromatic heterocycles. The van der Waals surface area contributed by atoms with Crippen LogP contribution >= 0.6 is 0 Å². The maximum Gasteiger partial charge on any atom is 0.231 e. The summed E-state index contributed by atoms with van der Waals surface area (Å²) >= 11 is 0. The highest BCUT2D eigenvalue weighted by Crippen LogP contribution is 2.33. The molecule has 0 bridgehead atoms. The molecule has 4 N–H and O–H groups in total. The zero-order chi connectivity index (χ0) is 19.3. The van der Waals surface area contributed by atoms with E-state index in [4.69, 9.17) is 20.9 Å². The van der Waals surface area contributed by atoms with Crippen molar-refractivity contribution in [1.29, 1.82) is 0 Å². The average molecular weight is 370 g/mol. The average Bonchev–Trinajstić information content (AvgIpc) is 2.70. The monoisotopic (exact) mass is 370 g/mol. The maximum atomic E-state index is 5.96. The molecule has 6 heteroatoms. The number of benzene rings is 3. The molecule has 0 fully saturated rings. The Morgan fingerprint density at radius 1 is 0.679 bits per heavy atom. The Labute approximate surface area is 162 Å². The van der Waals surface area contributed by atoms with Crippen molar-refractivity contribution in [2.75, 3.05) is 11.5 Å². The molecule has 0 unspecified atom stereocenters. The van der Waals surface area contributed by atoms with Crippen LogP contribution in [0.5, 0.6) is 23.1 Å². The van der Waals surface area contributed by atoms with Crippen LogP contribution in [0.15, 0.2) is 85.1 Å². The summed E-state index contributed by atoms with van der Waals surface area (Å²) in [6.45, 7) is 0. The fourth-order valence-electron chi connectivity index (χ4n) is 2.67. The van der Waals surface area contributed by atoms with Crippen molar-refractivity contribution >= 4 is 11.6 Å². The summed E-state index contributed by atoms with van der Waals surface area (Å²) in [5.74, 6) is 2.56. The van der Waals surface area contributed by atoms with Gasteiger partial charge in [-0.05, 0) is 54.1 Å². The minimum absolute atomic E-state index is 0.131. The molecule has 4 rings (SSSR count). The maximum absolute atomic E-state index is 5.96. The molecule has 0 aliphatic heterocycles. The van der Waals surface area contributed by atoms with Crippen LogP contribution in [0.3, 0.4) is 0 Å². The minimum atomic E-state index is 0.131. The predicted molar refractivity (Wildman–Crippen MR) is 109 cm³/mol. The van der Waals surface area contributed by atoms with Gasteiger partial charge in [-0.15, -0.1) is 0 Å². The lowest BCUT2D eigenvalue weighted by Gasteiger charge is -2.11. The van der Waals surface area contributed by atoms with Crippen molar-refractivity contribution in [2.24, 2.45) is 0 Å². The fourth-order valence-corrected chi connectivity index (χ4v) is 2.67. The number of para-hydroxylation sites is 1. The first kappa shape index (κ1) is 17.4. The van der Waals surface area contributed by atoms with E-state index >= 15 is 0 Å². The molecule has 0 aliphatic rings. The summed E-state index contributed by atoms with van der Waals surface area (Å²) in [5.41, 5.74) is 13.8. The van der Waals surface area contributed by atoms with Gasteiger partial charge in [0, 0.05) is 11.9 Å². The van der Waals surface area contributed by atoms with E-state index in [1.54, 1.807) is 18.3 Å². The van der Waals surface area contributed by atoms with E-state index < -0.39 is 0 Å². The van der Waals surface area contributed by atoms with E-state index in [-0.39, 0.29) is 5.95 Å². The van der Waals surface area contributed by atoms with Crippen molar-refractivity contribution in [3.63, 3.8) is 0 Å². The third kappa shape index (κ3) is 4.02. The normalized spacial score (nSPS) is 10.4. The van der Waals surface area contributed by atoms with Crippen LogP contribution in [-0.4, -0.2) is 9.97 Å². The van der Waals surface area contributed by atoms with E-state index in [2.05, 4.69) is 9.97 Å². The molecule has 4 aromatic rings. The molecular weight excluding hydrogens is 352 g/mol. The molecule has 0 saturated carbocycles. The van der Waals surface area contributed by atoms with Gasteiger partial charge >= 0.3 is 0 Å². The second kappa shape index (κ2) is 7.67. The van der Waals surface area contributed by atoms with Gasteiger partial charge < -0.3 is 20.9 Å². The largest absolute Gasteiger partial charge is 0.457 e. The number of ether oxygens (including phenoxy) is 2. The Morgan fingerprint density at radius 3 is 2.07 bits per heavy atom. The van der Waals surface area contributed by atoms with E-state index in [0.717, 1.165) is 11.3 Å². The van der Waals surface area contributed by atoms with Gasteiger partial charge in [0.15, 0.2) is 0 Å². The van der Waals surface area contributed by atoms with E-state index in [9.17, 15) is 0 Å². The molecule has 1 heterocycles. The molecule has 3 aromatic carbocycles. The smallest absolute Gasteiger partial charge is 0.231 e. The minimum Gasteiger partial charge on any atom is -0.457 e. The second-order valence-corrected chi connectivity index (χ2v) is 6.06. The van der Waals surface area contributed by atoms with E-state index in [1.807, 2.05) is 66.7 Å². The third-order valence-electron chi connectivity index (χ3n) is 3.99. The molecule has 6 nitrogen and oxygen atoms in total. The Morgan fingerprint density at radius 2 is 1.36 bits per heavy atom. The van der Waals surface area contributed by atoms with Gasteiger partial charge in [0.05, 0.1) is 5.56 Å². The molecule has 0 atom stereocenters. The highest BCUT2D eigenvalue weighted by Gasteiger charge is 2.12. The SMILES string of the molecule is Nc1cccc(-c2cnc(N)nc2Oc2ccc(Oc3ccccc3)cc2)c1. The highest BCUT2D eigenvalue weighted by molar-refractivity contribution is 5.71. The van der Waals surface area contributed by atoms with Crippen molar-refractivity contribution in [3.05, 3.63) is 85.1 Å². The molecular formula is C22H18N4O2. The molecule has 0 spiro atoms. The lowest BCUT2D eigenvalue weighted by Crippen LogP contribution is -1.99. The van der Waals surface area contributed by atoms with E-state index in [1.165, 1.54) is 0 Å². The summed E-state index contributed by atoms with van der Waals surface area (Å²) in [4.78, 5) is 8.31. The zero-order valence-corrected chi connectivity index (χ0v) is 14.9. The van der Waals surface area contributed by atoms with Crippen LogP contribution in [0, 0.1) is 0 Å². The first-order valence-electron chi connectivity index (χ1n) is 8.66. The van der Waals surface area contributed by atoms with Crippen LogP contribution in [-0.2, 0) is 0 Å². The zero-order valence-electron chi connectivity index (χ0n) is 14.9. The van der Waals surface area contributed by atoms with Gasteiger partial charge in [-0.1, -0.05) is 30.3 Å². The lowest BCUT2D eigenvalue weighted by atomic mass is 10.1. The molecule has 0 radical (unpaired) electrons. The predicted octanol–water partition coefficient (Wildman–Crippen LogP) is 4.89. The van der Waals surface area contributed by atoms with Crippen LogP contribution in [0.25, 0.3) is 11.1 Å². The number of hydrogen-bond donors (Lipinski definition) is 2. The summed E-state index contributed by atoms with van der Waals surface area (Å²) < 4.78 is 11.8. The highest BCUT2D eigenvalue weighted by atomic mass is 16.5. The molecule has 0 amide bonds. The first-order valence-corrected chi connectivity index (χ1v) is 8.66. The Bertz CT molecular complexity index is 1080. The number of hydrogen-bond acceptors (Lipinski definition) is 6. The standard InChI is InChI=1S/C22H18N4O2/c23-16-6-4-5-15(13-16)20-14-25-22(24)26-21(20)28-19-11-9-18(10-12-19)27-17-7-2-1-3-8-17/h1-14H,23H2,(H2,24,25,26). The molecule has 138 valence electrons. The van der Waals surface area contributed by atoms with Gasteiger partial charge in [-0.3, -0.25) is 0 Å². The number of nitrogen functional groups attached to an aromatic ring is 2. The molecule has 28 heavy (non-hydrogen) atoms. The van der Waals surface area contributed by atoms with Gasteiger partial charge in [0.1, 0.15) is 17.2 Å². The summed E-state index contributed by atoms with van der Waals surface area (Å²) in [6.07, 6.45) is 1.62. The Kier molecular flexibility index (Phi) is 4.76. The van der Waals surface area contributed by atoms with Crippen molar-refractivity contribution in [3.8, 4) is 34.3 Å². The third-order valence-corrected chi connectivity index (χ3v) is 3.99. The van der Waals surface area contributed by atoms with Crippen LogP contribution in [0.2, 0.25) is 0 Å². The fraction of sp³-hybridized carbons (Fsp3) is 0. The summed E-state index contributed by atoms with van der Waals surface area (Å²) in [6, 6.07) is 24.3. The number of anilines is 2. The molecule has 0 saturated heterocycles. The van der Waals surface area contributed by atoms with Gasteiger partial charge in [-0.25, -0.2) is 4.98 Å². The Balaban J connectivity index is 1.58. The molecule has 0 aliphatic carbocycles. The van der Waals surface area contributed by atoms with Crippen LogP contribution in [0.4, 0.5) is 11.6 Å². The first-order chi connectivity index (χ1) is 13.7. The van der Waals surface area contributed by atoms with Gasteiger partial charge in [0.2, 0.25) is 11.8 Å². The van der Waals surface area contributed by atoms with Crippen LogP contribution in [0.1, 0.15) is 0 Å². The number of rotatable bonds is 5. The van der Waals surface area contributed by atoms with Crippen molar-refractivity contribution < 1.29 is 9.47 Å². The Hall–Kier alpha value is -4.06. The summed E-state index contributed by atoms with van der Waals surface area (Å²) in [7, 11) is 0. The number of nitrogens with two attached hydrogens (primary N) is 2. The lowest BCUT2D eigenvalue weighted by molar-refractivity contribution is 0.458. The van der Waals surface area contributed by atoms with Gasteiger partial charge in [-0.2, -0.15) is 4.98 Å².